The average Bonchev–Trinajstić information content (AvgIpc) is 2.30. The van der Waals surface area contributed by atoms with Crippen LogP contribution in [0.15, 0.2) is 24.3 Å². The second kappa shape index (κ2) is 5.56. The van der Waals surface area contributed by atoms with Gasteiger partial charge < -0.3 is 15.5 Å². The molecular formula is C12H11NO4. The van der Waals surface area contributed by atoms with E-state index in [4.69, 9.17) is 16.6 Å². The van der Waals surface area contributed by atoms with Gasteiger partial charge in [0.25, 0.3) is 5.91 Å². The van der Waals surface area contributed by atoms with Gasteiger partial charge in [-0.1, -0.05) is 12.1 Å². The number of terminal acetylenes is 1. The normalized spacial score (nSPS) is 11.2. The van der Waals surface area contributed by atoms with Gasteiger partial charge in [-0.2, -0.15) is 0 Å². The highest BCUT2D eigenvalue weighted by molar-refractivity contribution is 5.95. The lowest BCUT2D eigenvalue weighted by Crippen LogP contribution is -2.41. The number of phenolic OH excluding ortho intramolecular Hbond substituents is 1. The van der Waals surface area contributed by atoms with Gasteiger partial charge in [0.2, 0.25) is 0 Å². The molecule has 0 fully saturated rings. The quantitative estimate of drug-likeness (QED) is 0.645. The summed E-state index contributed by atoms with van der Waals surface area (Å²) in [4.78, 5) is 21.8. The molecule has 0 saturated carbocycles. The zero-order chi connectivity index (χ0) is 12.8. The van der Waals surface area contributed by atoms with Crippen molar-refractivity contribution in [1.82, 2.24) is 5.32 Å². The number of carbonyl (C=O) groups excluding carboxylic acids is 1. The summed E-state index contributed by atoms with van der Waals surface area (Å²) >= 11 is 0. The number of carbonyl (C=O) groups is 2. The first-order chi connectivity index (χ1) is 8.02. The Hall–Kier alpha value is -2.48. The number of nitrogens with one attached hydrogen (secondary N) is 1. The van der Waals surface area contributed by atoms with Crippen molar-refractivity contribution in [2.45, 2.75) is 12.5 Å². The molecule has 0 heterocycles. The number of carboxylic acids is 1. The highest BCUT2D eigenvalue weighted by Gasteiger charge is 2.19. The number of aliphatic carboxylic acids is 1. The van der Waals surface area contributed by atoms with Gasteiger partial charge in [0.05, 0.1) is 0 Å². The van der Waals surface area contributed by atoms with E-state index in [1.807, 2.05) is 0 Å². The molecule has 5 nitrogen and oxygen atoms in total. The Morgan fingerprint density at radius 1 is 1.35 bits per heavy atom. The van der Waals surface area contributed by atoms with Crippen LogP contribution < -0.4 is 5.32 Å². The molecule has 17 heavy (non-hydrogen) atoms. The molecule has 1 rings (SSSR count). The lowest BCUT2D eigenvalue weighted by atomic mass is 10.1. The first-order valence-corrected chi connectivity index (χ1v) is 4.80. The van der Waals surface area contributed by atoms with Crippen LogP contribution in [0.25, 0.3) is 0 Å². The largest absolute Gasteiger partial charge is 0.508 e. The maximum Gasteiger partial charge on any atom is 0.326 e. The third kappa shape index (κ3) is 3.87. The topological polar surface area (TPSA) is 86.6 Å². The third-order valence-corrected chi connectivity index (χ3v) is 2.11. The van der Waals surface area contributed by atoms with Crippen molar-refractivity contribution in [2.75, 3.05) is 0 Å². The van der Waals surface area contributed by atoms with Crippen molar-refractivity contribution in [2.24, 2.45) is 0 Å². The molecule has 1 amide bonds. The average molecular weight is 233 g/mol. The smallest absolute Gasteiger partial charge is 0.326 e. The second-order valence-corrected chi connectivity index (χ2v) is 3.38. The van der Waals surface area contributed by atoms with Crippen molar-refractivity contribution in [3.63, 3.8) is 0 Å². The van der Waals surface area contributed by atoms with E-state index in [1.165, 1.54) is 12.1 Å². The van der Waals surface area contributed by atoms with Crippen LogP contribution in [0.3, 0.4) is 0 Å². The van der Waals surface area contributed by atoms with Gasteiger partial charge in [-0.3, -0.25) is 4.79 Å². The summed E-state index contributed by atoms with van der Waals surface area (Å²) in [6, 6.07) is 4.96. The van der Waals surface area contributed by atoms with Gasteiger partial charge in [-0.05, 0) is 23.6 Å². The molecule has 0 radical (unpaired) electrons. The minimum atomic E-state index is -1.17. The van der Waals surface area contributed by atoms with Crippen LogP contribution in [0.1, 0.15) is 5.56 Å². The Bertz CT molecular complexity index is 458. The highest BCUT2D eigenvalue weighted by atomic mass is 16.4. The zero-order valence-electron chi connectivity index (χ0n) is 8.88. The van der Waals surface area contributed by atoms with E-state index in [1.54, 1.807) is 18.1 Å². The number of hydrogen-bond acceptors (Lipinski definition) is 3. The van der Waals surface area contributed by atoms with Gasteiger partial charge >= 0.3 is 5.97 Å². The van der Waals surface area contributed by atoms with E-state index in [9.17, 15) is 9.59 Å². The summed E-state index contributed by atoms with van der Waals surface area (Å²) in [7, 11) is 0. The number of phenols is 1. The first-order valence-electron chi connectivity index (χ1n) is 4.80. The fraction of sp³-hybridized carbons (Fsp3) is 0.167. The van der Waals surface area contributed by atoms with Gasteiger partial charge in [-0.15, -0.1) is 6.42 Å². The van der Waals surface area contributed by atoms with Crippen molar-refractivity contribution in [3.05, 3.63) is 29.8 Å². The summed E-state index contributed by atoms with van der Waals surface area (Å²) in [6.07, 6.45) is 4.95. The monoisotopic (exact) mass is 233 g/mol. The number of benzene rings is 1. The van der Waals surface area contributed by atoms with E-state index in [-0.39, 0.29) is 12.2 Å². The number of hydrogen-bond donors (Lipinski definition) is 3. The molecule has 0 bridgehead atoms. The maximum absolute atomic E-state index is 10.9. The third-order valence-electron chi connectivity index (χ3n) is 2.11. The van der Waals surface area contributed by atoms with Crippen molar-refractivity contribution in [3.8, 4) is 18.1 Å². The molecule has 0 unspecified atom stereocenters. The summed E-state index contributed by atoms with van der Waals surface area (Å²) in [5, 5.41) is 20.2. The Morgan fingerprint density at radius 3 is 2.41 bits per heavy atom. The molecule has 0 aliphatic heterocycles. The van der Waals surface area contributed by atoms with E-state index in [0.29, 0.717) is 5.56 Å². The van der Waals surface area contributed by atoms with Crippen LogP contribution in [0.4, 0.5) is 0 Å². The van der Waals surface area contributed by atoms with Crippen LogP contribution in [0, 0.1) is 12.3 Å². The lowest BCUT2D eigenvalue weighted by Gasteiger charge is -2.12. The van der Waals surface area contributed by atoms with Gasteiger partial charge in [0, 0.05) is 6.42 Å². The molecule has 0 aromatic heterocycles. The second-order valence-electron chi connectivity index (χ2n) is 3.38. The molecule has 3 N–H and O–H groups in total. The minimum Gasteiger partial charge on any atom is -0.508 e. The van der Waals surface area contributed by atoms with E-state index >= 15 is 0 Å². The minimum absolute atomic E-state index is 0.0910. The van der Waals surface area contributed by atoms with Crippen molar-refractivity contribution >= 4 is 11.9 Å². The Kier molecular flexibility index (Phi) is 4.12. The Morgan fingerprint density at radius 2 is 1.94 bits per heavy atom. The van der Waals surface area contributed by atoms with E-state index in [2.05, 4.69) is 5.32 Å². The van der Waals surface area contributed by atoms with E-state index in [0.717, 1.165) is 0 Å². The molecule has 5 heteroatoms. The number of amides is 1. The fourth-order valence-electron chi connectivity index (χ4n) is 1.27. The van der Waals surface area contributed by atoms with Crippen LogP contribution in [0.2, 0.25) is 0 Å². The summed E-state index contributed by atoms with van der Waals surface area (Å²) in [6.45, 7) is 0. The molecule has 0 saturated heterocycles. The molecule has 0 aliphatic rings. The molecule has 1 atom stereocenters. The van der Waals surface area contributed by atoms with Crippen LogP contribution in [0.5, 0.6) is 5.75 Å². The predicted octanol–water partition coefficient (Wildman–Crippen LogP) is 0.137. The molecular weight excluding hydrogens is 222 g/mol. The zero-order valence-corrected chi connectivity index (χ0v) is 8.88. The first kappa shape index (κ1) is 12.6. The van der Waals surface area contributed by atoms with E-state index < -0.39 is 17.9 Å². The van der Waals surface area contributed by atoms with Crippen molar-refractivity contribution in [1.29, 1.82) is 0 Å². The van der Waals surface area contributed by atoms with Crippen LogP contribution >= 0.6 is 0 Å². The van der Waals surface area contributed by atoms with Crippen LogP contribution in [-0.2, 0) is 16.0 Å². The van der Waals surface area contributed by atoms with Gasteiger partial charge in [-0.25, -0.2) is 4.79 Å². The highest BCUT2D eigenvalue weighted by Crippen LogP contribution is 2.11. The standard InChI is InChI=1S/C12H11NO4/c1-2-11(15)13-10(12(16)17)7-8-3-5-9(14)6-4-8/h1,3-6,10,14H,7H2,(H,13,15)(H,16,17)/t10-/m1/s1. The Balaban J connectivity index is 2.74. The maximum atomic E-state index is 10.9. The molecule has 0 aliphatic carbocycles. The molecule has 0 spiro atoms. The fourth-order valence-corrected chi connectivity index (χ4v) is 1.27. The SMILES string of the molecule is C#CC(=O)N[C@H](Cc1ccc(O)cc1)C(=O)O. The van der Waals surface area contributed by atoms with Crippen molar-refractivity contribution < 1.29 is 19.8 Å². The Labute approximate surface area is 98.1 Å². The number of carboxylic acid groups (broad SMARTS) is 1. The summed E-state index contributed by atoms with van der Waals surface area (Å²) in [5.74, 6) is -0.0497. The lowest BCUT2D eigenvalue weighted by molar-refractivity contribution is -0.141. The van der Waals surface area contributed by atoms with Gasteiger partial charge in [0.1, 0.15) is 11.8 Å². The predicted molar refractivity (Wildman–Crippen MR) is 60.2 cm³/mol. The number of aromatic hydroxyl groups is 1. The molecule has 1 aromatic rings. The summed E-state index contributed by atoms with van der Waals surface area (Å²) < 4.78 is 0. The van der Waals surface area contributed by atoms with Gasteiger partial charge in [0.15, 0.2) is 0 Å². The molecule has 88 valence electrons. The number of rotatable bonds is 4. The summed E-state index contributed by atoms with van der Waals surface area (Å²) in [5.41, 5.74) is 0.674. The molecule has 1 aromatic carbocycles. The van der Waals surface area contributed by atoms with Crippen LogP contribution in [-0.4, -0.2) is 28.1 Å².